The Morgan fingerprint density at radius 1 is 1.24 bits per heavy atom. The molecule has 1 unspecified atom stereocenters. The number of carbonyl (C=O) groups is 2. The monoisotopic (exact) mass is 305 g/mol. The molecular formula is C15H16ClN3O2. The average Bonchev–Trinajstić information content (AvgIpc) is 2.77. The van der Waals surface area contributed by atoms with Crippen LogP contribution in [0.2, 0.25) is 5.02 Å². The lowest BCUT2D eigenvalue weighted by Crippen LogP contribution is -2.49. The van der Waals surface area contributed by atoms with Crippen LogP contribution in [0.4, 0.5) is 5.69 Å². The van der Waals surface area contributed by atoms with Crippen molar-refractivity contribution in [3.63, 3.8) is 0 Å². The Morgan fingerprint density at radius 3 is 2.67 bits per heavy atom. The third-order valence-corrected chi connectivity index (χ3v) is 3.97. The van der Waals surface area contributed by atoms with E-state index in [-0.39, 0.29) is 17.9 Å². The van der Waals surface area contributed by atoms with E-state index in [4.69, 9.17) is 11.6 Å². The highest BCUT2D eigenvalue weighted by molar-refractivity contribution is 6.30. The Labute approximate surface area is 128 Å². The minimum Gasteiger partial charge on any atom is -0.351 e. The van der Waals surface area contributed by atoms with Gasteiger partial charge in [-0.1, -0.05) is 11.6 Å². The molecule has 0 aliphatic carbocycles. The van der Waals surface area contributed by atoms with Crippen molar-refractivity contribution in [2.45, 2.75) is 18.9 Å². The third kappa shape index (κ3) is 2.94. The summed E-state index contributed by atoms with van der Waals surface area (Å²) in [6, 6.07) is 6.94. The molecule has 5 nitrogen and oxygen atoms in total. The highest BCUT2D eigenvalue weighted by Crippen LogP contribution is 2.22. The van der Waals surface area contributed by atoms with Crippen LogP contribution in [0.15, 0.2) is 36.0 Å². The Kier molecular flexibility index (Phi) is 3.94. The Hall–Kier alpha value is -1.85. The normalized spacial score (nSPS) is 22.4. The van der Waals surface area contributed by atoms with Crippen molar-refractivity contribution >= 4 is 29.1 Å². The van der Waals surface area contributed by atoms with E-state index in [2.05, 4.69) is 10.6 Å². The zero-order chi connectivity index (χ0) is 14.8. The van der Waals surface area contributed by atoms with Crippen LogP contribution in [0.3, 0.4) is 0 Å². The van der Waals surface area contributed by atoms with Crippen LogP contribution in [-0.2, 0) is 9.59 Å². The van der Waals surface area contributed by atoms with Gasteiger partial charge in [0.25, 0.3) is 11.8 Å². The lowest BCUT2D eigenvalue weighted by atomic mass is 10.1. The summed E-state index contributed by atoms with van der Waals surface area (Å²) in [5.74, 6) is -0.506. The number of hydrogen-bond acceptors (Lipinski definition) is 4. The first-order valence-corrected chi connectivity index (χ1v) is 7.35. The van der Waals surface area contributed by atoms with Gasteiger partial charge >= 0.3 is 0 Å². The lowest BCUT2D eigenvalue weighted by molar-refractivity contribution is -0.140. The SMILES string of the molecule is O=C1C=C(Nc2ccc(Cl)cc2)C(=O)N1C1CCCNC1. The molecule has 1 aromatic carbocycles. The number of anilines is 1. The maximum Gasteiger partial charge on any atom is 0.277 e. The van der Waals surface area contributed by atoms with E-state index in [1.807, 2.05) is 0 Å². The molecule has 1 saturated heterocycles. The van der Waals surface area contributed by atoms with Crippen LogP contribution >= 0.6 is 11.6 Å². The summed E-state index contributed by atoms with van der Waals surface area (Å²) in [6.45, 7) is 1.61. The van der Waals surface area contributed by atoms with Crippen molar-refractivity contribution in [2.75, 3.05) is 18.4 Å². The van der Waals surface area contributed by atoms with Gasteiger partial charge in [0.05, 0.1) is 6.04 Å². The fourth-order valence-corrected chi connectivity index (χ4v) is 2.79. The van der Waals surface area contributed by atoms with Crippen LogP contribution < -0.4 is 10.6 Å². The molecule has 0 radical (unpaired) electrons. The number of piperidine rings is 1. The average molecular weight is 306 g/mol. The maximum absolute atomic E-state index is 12.4. The molecule has 0 saturated carbocycles. The fraction of sp³-hybridized carbons (Fsp3) is 0.333. The summed E-state index contributed by atoms with van der Waals surface area (Å²) in [5.41, 5.74) is 1.04. The van der Waals surface area contributed by atoms with Gasteiger partial charge in [-0.15, -0.1) is 0 Å². The van der Waals surface area contributed by atoms with Crippen LogP contribution in [-0.4, -0.2) is 35.8 Å². The molecule has 2 amide bonds. The quantitative estimate of drug-likeness (QED) is 0.835. The van der Waals surface area contributed by atoms with E-state index in [1.54, 1.807) is 24.3 Å². The van der Waals surface area contributed by atoms with Crippen molar-refractivity contribution in [3.8, 4) is 0 Å². The summed E-state index contributed by atoms with van der Waals surface area (Å²) in [5, 5.41) is 6.83. The van der Waals surface area contributed by atoms with E-state index in [9.17, 15) is 9.59 Å². The van der Waals surface area contributed by atoms with Gasteiger partial charge in [-0.25, -0.2) is 0 Å². The second-order valence-corrected chi connectivity index (χ2v) is 5.64. The highest BCUT2D eigenvalue weighted by atomic mass is 35.5. The molecule has 2 aliphatic heterocycles. The Morgan fingerprint density at radius 2 is 2.00 bits per heavy atom. The van der Waals surface area contributed by atoms with Crippen LogP contribution in [0, 0.1) is 0 Å². The zero-order valence-corrected chi connectivity index (χ0v) is 12.2. The molecule has 0 bridgehead atoms. The van der Waals surface area contributed by atoms with Crippen molar-refractivity contribution in [2.24, 2.45) is 0 Å². The van der Waals surface area contributed by atoms with E-state index in [1.165, 1.54) is 11.0 Å². The second kappa shape index (κ2) is 5.87. The molecule has 21 heavy (non-hydrogen) atoms. The predicted molar refractivity (Wildman–Crippen MR) is 80.9 cm³/mol. The van der Waals surface area contributed by atoms with Crippen LogP contribution in [0.1, 0.15) is 12.8 Å². The van der Waals surface area contributed by atoms with Gasteiger partial charge in [-0.2, -0.15) is 0 Å². The highest BCUT2D eigenvalue weighted by Gasteiger charge is 2.36. The number of imide groups is 1. The third-order valence-electron chi connectivity index (χ3n) is 3.71. The summed E-state index contributed by atoms with van der Waals surface area (Å²) in [4.78, 5) is 25.8. The standard InChI is InChI=1S/C15H16ClN3O2/c16-10-3-5-11(6-4-10)18-13-8-14(20)19(15(13)21)12-2-1-7-17-9-12/h3-6,8,12,17-18H,1-2,7,9H2. The maximum atomic E-state index is 12.4. The molecule has 110 valence electrons. The van der Waals surface area contributed by atoms with Gasteiger partial charge in [-0.05, 0) is 43.7 Å². The van der Waals surface area contributed by atoms with Gasteiger partial charge in [0.15, 0.2) is 0 Å². The minimum absolute atomic E-state index is 0.0560. The number of halogens is 1. The lowest BCUT2D eigenvalue weighted by Gasteiger charge is -2.30. The molecule has 1 fully saturated rings. The number of hydrogen-bond donors (Lipinski definition) is 2. The Bertz CT molecular complexity index is 591. The van der Waals surface area contributed by atoms with Crippen molar-refractivity contribution in [1.29, 1.82) is 0 Å². The molecule has 2 heterocycles. The number of rotatable bonds is 3. The largest absolute Gasteiger partial charge is 0.351 e. The molecule has 0 aromatic heterocycles. The summed E-state index contributed by atoms with van der Waals surface area (Å²) in [6.07, 6.45) is 3.19. The predicted octanol–water partition coefficient (Wildman–Crippen LogP) is 1.76. The van der Waals surface area contributed by atoms with Gasteiger partial charge in [0.2, 0.25) is 0 Å². The second-order valence-electron chi connectivity index (χ2n) is 5.20. The van der Waals surface area contributed by atoms with E-state index < -0.39 is 0 Å². The smallest absolute Gasteiger partial charge is 0.277 e. The molecule has 0 spiro atoms. The first-order valence-electron chi connectivity index (χ1n) is 6.97. The van der Waals surface area contributed by atoms with E-state index >= 15 is 0 Å². The van der Waals surface area contributed by atoms with Crippen molar-refractivity contribution < 1.29 is 9.59 Å². The molecule has 1 aromatic rings. The van der Waals surface area contributed by atoms with Crippen molar-refractivity contribution in [3.05, 3.63) is 41.1 Å². The summed E-state index contributed by atoms with van der Waals surface area (Å²) in [7, 11) is 0. The summed E-state index contributed by atoms with van der Waals surface area (Å²) < 4.78 is 0. The number of nitrogens with zero attached hydrogens (tertiary/aromatic N) is 1. The van der Waals surface area contributed by atoms with Gasteiger partial charge in [0, 0.05) is 23.3 Å². The first-order chi connectivity index (χ1) is 10.1. The summed E-state index contributed by atoms with van der Waals surface area (Å²) >= 11 is 5.83. The number of nitrogens with one attached hydrogen (secondary N) is 2. The molecule has 6 heteroatoms. The van der Waals surface area contributed by atoms with E-state index in [0.717, 1.165) is 25.1 Å². The number of amides is 2. The first kappa shape index (κ1) is 14.1. The molecule has 2 N–H and O–H groups in total. The van der Waals surface area contributed by atoms with Crippen molar-refractivity contribution in [1.82, 2.24) is 10.2 Å². The number of benzene rings is 1. The van der Waals surface area contributed by atoms with Gasteiger partial charge < -0.3 is 10.6 Å². The minimum atomic E-state index is -0.261. The topological polar surface area (TPSA) is 61.4 Å². The van der Waals surface area contributed by atoms with E-state index in [0.29, 0.717) is 17.3 Å². The molecule has 3 rings (SSSR count). The van der Waals surface area contributed by atoms with Gasteiger partial charge in [0.1, 0.15) is 5.70 Å². The van der Waals surface area contributed by atoms with Crippen LogP contribution in [0.25, 0.3) is 0 Å². The Balaban J connectivity index is 1.72. The molecular weight excluding hydrogens is 290 g/mol. The number of carbonyl (C=O) groups excluding carboxylic acids is 2. The molecule has 1 atom stereocenters. The zero-order valence-electron chi connectivity index (χ0n) is 11.4. The molecule has 2 aliphatic rings. The van der Waals surface area contributed by atoms with Crippen LogP contribution in [0.5, 0.6) is 0 Å². The van der Waals surface area contributed by atoms with Gasteiger partial charge in [-0.3, -0.25) is 14.5 Å². The fourth-order valence-electron chi connectivity index (χ4n) is 2.66.